The van der Waals surface area contributed by atoms with E-state index >= 15 is 0 Å². The number of nitro benzene ring substituents is 1. The van der Waals surface area contributed by atoms with Gasteiger partial charge in [0, 0.05) is 24.6 Å². The van der Waals surface area contributed by atoms with Crippen molar-refractivity contribution in [1.29, 1.82) is 0 Å². The minimum Gasteiger partial charge on any atom is -0.459 e. The van der Waals surface area contributed by atoms with E-state index in [4.69, 9.17) is 4.42 Å². The normalized spacial score (nSPS) is 10.2. The zero-order valence-electron chi connectivity index (χ0n) is 10.3. The second-order valence-electron chi connectivity index (χ2n) is 3.98. The van der Waals surface area contributed by atoms with Crippen molar-refractivity contribution in [1.82, 2.24) is 5.32 Å². The van der Waals surface area contributed by atoms with Crippen LogP contribution in [0.4, 0.5) is 5.69 Å². The molecule has 0 spiro atoms. The summed E-state index contributed by atoms with van der Waals surface area (Å²) in [5.41, 5.74) is 0.786. The monoisotopic (exact) mass is 260 g/mol. The van der Waals surface area contributed by atoms with E-state index in [-0.39, 0.29) is 11.6 Å². The Labute approximate surface area is 109 Å². The lowest BCUT2D eigenvalue weighted by Crippen LogP contribution is -2.18. The highest BCUT2D eigenvalue weighted by Gasteiger charge is 2.08. The number of non-ortho nitro benzene ring substituents is 1. The van der Waals surface area contributed by atoms with Crippen LogP contribution in [0.1, 0.15) is 12.7 Å². The van der Waals surface area contributed by atoms with Crippen molar-refractivity contribution < 1.29 is 14.1 Å². The van der Waals surface area contributed by atoms with Crippen LogP contribution in [0.25, 0.3) is 11.3 Å². The van der Waals surface area contributed by atoms with E-state index in [1.165, 1.54) is 19.1 Å². The van der Waals surface area contributed by atoms with Crippen LogP contribution in [0.2, 0.25) is 0 Å². The predicted octanol–water partition coefficient (Wildman–Crippen LogP) is 2.49. The van der Waals surface area contributed by atoms with Crippen molar-refractivity contribution in [2.45, 2.75) is 13.5 Å². The third-order valence-electron chi connectivity index (χ3n) is 2.54. The second kappa shape index (κ2) is 5.34. The molecule has 0 aliphatic heterocycles. The summed E-state index contributed by atoms with van der Waals surface area (Å²) in [6.45, 7) is 1.75. The molecule has 0 unspecified atom stereocenters. The SMILES string of the molecule is CC(=O)NCc1ccc(-c2ccc([N+](=O)[O-])cc2)o1. The van der Waals surface area contributed by atoms with Crippen molar-refractivity contribution in [3.8, 4) is 11.3 Å². The number of furan rings is 1. The van der Waals surface area contributed by atoms with Crippen molar-refractivity contribution in [3.63, 3.8) is 0 Å². The average Bonchev–Trinajstić information content (AvgIpc) is 2.85. The number of nitro groups is 1. The summed E-state index contributed by atoms with van der Waals surface area (Å²) in [5.74, 6) is 1.10. The Bertz CT molecular complexity index is 601. The van der Waals surface area contributed by atoms with E-state index in [1.807, 2.05) is 0 Å². The van der Waals surface area contributed by atoms with Gasteiger partial charge in [-0.1, -0.05) is 0 Å². The third kappa shape index (κ3) is 3.19. The number of rotatable bonds is 4. The molecule has 6 nitrogen and oxygen atoms in total. The molecular formula is C13H12N2O4. The number of hydrogen-bond acceptors (Lipinski definition) is 4. The number of benzene rings is 1. The molecule has 0 aliphatic carbocycles. The first-order valence-electron chi connectivity index (χ1n) is 5.64. The fourth-order valence-corrected chi connectivity index (χ4v) is 1.59. The molecule has 6 heteroatoms. The average molecular weight is 260 g/mol. The summed E-state index contributed by atoms with van der Waals surface area (Å²) < 4.78 is 5.54. The lowest BCUT2D eigenvalue weighted by molar-refractivity contribution is -0.384. The maximum absolute atomic E-state index is 10.8. The number of nitrogens with zero attached hydrogens (tertiary/aromatic N) is 1. The van der Waals surface area contributed by atoms with Crippen LogP contribution in [0.15, 0.2) is 40.8 Å². The molecule has 0 atom stereocenters. The molecule has 19 heavy (non-hydrogen) atoms. The molecular weight excluding hydrogens is 248 g/mol. The summed E-state index contributed by atoms with van der Waals surface area (Å²) >= 11 is 0. The van der Waals surface area contributed by atoms with Crippen LogP contribution in [0.3, 0.4) is 0 Å². The Morgan fingerprint density at radius 3 is 2.53 bits per heavy atom. The first-order valence-corrected chi connectivity index (χ1v) is 5.64. The van der Waals surface area contributed by atoms with E-state index in [9.17, 15) is 14.9 Å². The summed E-state index contributed by atoms with van der Waals surface area (Å²) in [6, 6.07) is 9.61. The van der Waals surface area contributed by atoms with Crippen LogP contribution in [0, 0.1) is 10.1 Å². The Kier molecular flexibility index (Phi) is 3.61. The Hall–Kier alpha value is -2.63. The fourth-order valence-electron chi connectivity index (χ4n) is 1.59. The Morgan fingerprint density at radius 1 is 1.26 bits per heavy atom. The summed E-state index contributed by atoms with van der Waals surface area (Å²) in [7, 11) is 0. The minimum absolute atomic E-state index is 0.0359. The van der Waals surface area contributed by atoms with Gasteiger partial charge >= 0.3 is 0 Å². The lowest BCUT2D eigenvalue weighted by atomic mass is 10.1. The Morgan fingerprint density at radius 2 is 1.95 bits per heavy atom. The highest BCUT2D eigenvalue weighted by atomic mass is 16.6. The van der Waals surface area contributed by atoms with Crippen LogP contribution >= 0.6 is 0 Å². The molecule has 0 fully saturated rings. The van der Waals surface area contributed by atoms with E-state index < -0.39 is 4.92 Å². The van der Waals surface area contributed by atoms with Crippen LogP contribution < -0.4 is 5.32 Å². The molecule has 0 radical (unpaired) electrons. The van der Waals surface area contributed by atoms with Crippen LogP contribution in [-0.2, 0) is 11.3 Å². The molecule has 1 aromatic heterocycles. The summed E-state index contributed by atoms with van der Waals surface area (Å²) in [4.78, 5) is 20.9. The van der Waals surface area contributed by atoms with Gasteiger partial charge in [-0.2, -0.15) is 0 Å². The Balaban J connectivity index is 2.13. The van der Waals surface area contributed by atoms with Gasteiger partial charge in [0.05, 0.1) is 11.5 Å². The third-order valence-corrected chi connectivity index (χ3v) is 2.54. The first kappa shape index (κ1) is 12.8. The molecule has 0 saturated heterocycles. The van der Waals surface area contributed by atoms with Gasteiger partial charge in [-0.05, 0) is 24.3 Å². The highest BCUT2D eigenvalue weighted by molar-refractivity contribution is 5.72. The first-order chi connectivity index (χ1) is 9.06. The second-order valence-corrected chi connectivity index (χ2v) is 3.98. The molecule has 1 heterocycles. The molecule has 0 bridgehead atoms. The largest absolute Gasteiger partial charge is 0.459 e. The zero-order chi connectivity index (χ0) is 13.8. The lowest BCUT2D eigenvalue weighted by Gasteiger charge is -1.99. The van der Waals surface area contributed by atoms with Crippen molar-refractivity contribution in [2.24, 2.45) is 0 Å². The van der Waals surface area contributed by atoms with Gasteiger partial charge in [0.1, 0.15) is 11.5 Å². The molecule has 2 rings (SSSR count). The molecule has 98 valence electrons. The van der Waals surface area contributed by atoms with Gasteiger partial charge < -0.3 is 9.73 Å². The maximum Gasteiger partial charge on any atom is 0.269 e. The van der Waals surface area contributed by atoms with Crippen LogP contribution in [0.5, 0.6) is 0 Å². The molecule has 2 aromatic rings. The highest BCUT2D eigenvalue weighted by Crippen LogP contribution is 2.24. The minimum atomic E-state index is -0.450. The van der Waals surface area contributed by atoms with Crippen molar-refractivity contribution in [3.05, 3.63) is 52.3 Å². The van der Waals surface area contributed by atoms with Gasteiger partial charge in [0.15, 0.2) is 0 Å². The van der Waals surface area contributed by atoms with Crippen molar-refractivity contribution in [2.75, 3.05) is 0 Å². The number of hydrogen-bond donors (Lipinski definition) is 1. The zero-order valence-corrected chi connectivity index (χ0v) is 10.3. The van der Waals surface area contributed by atoms with Crippen molar-refractivity contribution >= 4 is 11.6 Å². The van der Waals surface area contributed by atoms with Gasteiger partial charge in [0.25, 0.3) is 5.69 Å². The van der Waals surface area contributed by atoms with Gasteiger partial charge in [-0.25, -0.2) is 0 Å². The predicted molar refractivity (Wildman–Crippen MR) is 68.3 cm³/mol. The topological polar surface area (TPSA) is 85.4 Å². The maximum atomic E-state index is 10.8. The van der Waals surface area contributed by atoms with E-state index in [0.717, 1.165) is 5.56 Å². The van der Waals surface area contributed by atoms with E-state index in [0.29, 0.717) is 18.1 Å². The number of amides is 1. The summed E-state index contributed by atoms with van der Waals surface area (Å²) in [6.07, 6.45) is 0. The van der Waals surface area contributed by atoms with Crippen LogP contribution in [-0.4, -0.2) is 10.8 Å². The molecule has 1 N–H and O–H groups in total. The number of nitrogens with one attached hydrogen (secondary N) is 1. The molecule has 1 aromatic carbocycles. The molecule has 1 amide bonds. The number of carbonyl (C=O) groups is 1. The smallest absolute Gasteiger partial charge is 0.269 e. The molecule has 0 saturated carbocycles. The van der Waals surface area contributed by atoms with E-state index in [1.54, 1.807) is 24.3 Å². The summed E-state index contributed by atoms with van der Waals surface area (Å²) in [5, 5.41) is 13.2. The quantitative estimate of drug-likeness (QED) is 0.676. The fraction of sp³-hybridized carbons (Fsp3) is 0.154. The van der Waals surface area contributed by atoms with Gasteiger partial charge in [-0.15, -0.1) is 0 Å². The van der Waals surface area contributed by atoms with E-state index in [2.05, 4.69) is 5.32 Å². The number of carbonyl (C=O) groups excluding carboxylic acids is 1. The molecule has 0 aliphatic rings. The van der Waals surface area contributed by atoms with Gasteiger partial charge in [-0.3, -0.25) is 14.9 Å². The standard InChI is InChI=1S/C13H12N2O4/c1-9(16)14-8-12-6-7-13(19-12)10-2-4-11(5-3-10)15(17)18/h2-7H,8H2,1H3,(H,14,16). The van der Waals surface area contributed by atoms with Gasteiger partial charge in [0.2, 0.25) is 5.91 Å².